The van der Waals surface area contributed by atoms with Crippen LogP contribution in [0, 0.1) is 11.8 Å². The number of ether oxygens (including phenoxy) is 3. The van der Waals surface area contributed by atoms with Gasteiger partial charge in [0.15, 0.2) is 46.7 Å². The molecule has 0 radical (unpaired) electrons. The summed E-state index contributed by atoms with van der Waals surface area (Å²) in [5.74, 6) is -22.3. The molecule has 8 atom stereocenters. The van der Waals surface area contributed by atoms with Crippen molar-refractivity contribution in [2.75, 3.05) is 6.61 Å². The van der Waals surface area contributed by atoms with Crippen molar-refractivity contribution in [3.8, 4) is 34.5 Å². The lowest BCUT2D eigenvalue weighted by atomic mass is 9.71. The van der Waals surface area contributed by atoms with Crippen LogP contribution in [0.15, 0.2) is 75.0 Å². The predicted octanol–water partition coefficient (Wildman–Crippen LogP) is 1.79. The van der Waals surface area contributed by atoms with Gasteiger partial charge in [-0.3, -0.25) is 14.4 Å². The smallest absolute Gasteiger partial charge is 0.371 e. The number of aliphatic hydroxyl groups excluding tert-OH is 1. The van der Waals surface area contributed by atoms with E-state index in [1.54, 1.807) is 0 Å². The summed E-state index contributed by atoms with van der Waals surface area (Å²) in [4.78, 5) is 91.6. The van der Waals surface area contributed by atoms with Crippen LogP contribution in [0.25, 0.3) is 12.2 Å². The number of carboxylic acids is 4. The van der Waals surface area contributed by atoms with Crippen molar-refractivity contribution < 1.29 is 104 Å². The summed E-state index contributed by atoms with van der Waals surface area (Å²) in [6.45, 7) is -0.774. The summed E-state index contributed by atoms with van der Waals surface area (Å²) >= 11 is 0. The molecule has 1 fully saturated rings. The van der Waals surface area contributed by atoms with E-state index in [1.165, 1.54) is 6.07 Å². The van der Waals surface area contributed by atoms with E-state index in [-0.39, 0.29) is 27.8 Å². The van der Waals surface area contributed by atoms with Gasteiger partial charge < -0.3 is 74.8 Å². The lowest BCUT2D eigenvalue weighted by Gasteiger charge is -2.40. The van der Waals surface area contributed by atoms with Crippen molar-refractivity contribution in [1.82, 2.24) is 0 Å². The number of carbonyl (C=O) groups excluding carboxylic acids is 2. The number of aliphatic carboxylic acids is 3. The van der Waals surface area contributed by atoms with Crippen LogP contribution < -0.4 is 5.63 Å². The number of aromatic hydroxyl groups is 6. The van der Waals surface area contributed by atoms with E-state index in [0.29, 0.717) is 0 Å². The third kappa shape index (κ3) is 8.33. The summed E-state index contributed by atoms with van der Waals surface area (Å²) in [6.07, 6.45) is -7.11. The van der Waals surface area contributed by atoms with Crippen LogP contribution in [-0.2, 0) is 38.2 Å². The van der Waals surface area contributed by atoms with Gasteiger partial charge in [-0.2, -0.15) is 0 Å². The van der Waals surface area contributed by atoms with E-state index >= 15 is 0 Å². The van der Waals surface area contributed by atoms with Gasteiger partial charge >= 0.3 is 41.4 Å². The number of esters is 2. The van der Waals surface area contributed by atoms with Crippen LogP contribution in [0.5, 0.6) is 34.5 Å². The molecule has 1 aromatic heterocycles. The molecule has 1 saturated heterocycles. The van der Waals surface area contributed by atoms with E-state index in [4.69, 9.17) is 18.6 Å². The number of aromatic carboxylic acids is 1. The average molecular weight is 903 g/mol. The second-order valence-corrected chi connectivity index (χ2v) is 15.1. The van der Waals surface area contributed by atoms with Gasteiger partial charge in [-0.05, 0) is 88.5 Å². The molecular weight excluding hydrogens is 868 g/mol. The highest BCUT2D eigenvalue weighted by atomic mass is 16.6. The van der Waals surface area contributed by atoms with Gasteiger partial charge in [-0.25, -0.2) is 19.2 Å². The molecule has 7 rings (SSSR count). The molecule has 2 heterocycles. The number of carbonyl (C=O) groups is 6. The molecule has 22 nitrogen and oxygen atoms in total. The quantitative estimate of drug-likeness (QED) is 0.0755. The molecule has 65 heavy (non-hydrogen) atoms. The van der Waals surface area contributed by atoms with Crippen molar-refractivity contribution in [3.05, 3.63) is 115 Å². The number of carboxylic acid groups (broad SMARTS) is 4. The largest absolute Gasteiger partial charge is 0.504 e. The molecule has 22 heteroatoms. The zero-order valence-corrected chi connectivity index (χ0v) is 32.8. The average Bonchev–Trinajstić information content (AvgIpc) is 3.23. The Morgan fingerprint density at radius 1 is 0.600 bits per heavy atom. The summed E-state index contributed by atoms with van der Waals surface area (Å²) in [5.41, 5.74) is -3.83. The minimum Gasteiger partial charge on any atom is -0.504 e. The number of phenols is 6. The zero-order valence-electron chi connectivity index (χ0n) is 32.8. The Bertz CT molecular complexity index is 2820. The molecule has 8 unspecified atom stereocenters. The molecular formula is C43H34O22. The van der Waals surface area contributed by atoms with Crippen molar-refractivity contribution in [2.45, 2.75) is 42.7 Å². The zero-order chi connectivity index (χ0) is 47.3. The van der Waals surface area contributed by atoms with Crippen LogP contribution in [0.3, 0.4) is 0 Å². The molecule has 3 aliphatic rings. The van der Waals surface area contributed by atoms with Crippen LogP contribution in [0.4, 0.5) is 0 Å². The number of rotatable bonds is 11. The first-order chi connectivity index (χ1) is 30.7. The Morgan fingerprint density at radius 2 is 1.11 bits per heavy atom. The topological polar surface area (TPSA) is 383 Å². The Morgan fingerprint density at radius 3 is 1.62 bits per heavy atom. The van der Waals surface area contributed by atoms with Crippen LogP contribution in [-0.4, -0.2) is 123 Å². The Labute approximate surface area is 362 Å². The lowest BCUT2D eigenvalue weighted by molar-refractivity contribution is -0.219. The fourth-order valence-electron chi connectivity index (χ4n) is 8.25. The van der Waals surface area contributed by atoms with E-state index in [9.17, 15) is 89.7 Å². The highest BCUT2D eigenvalue weighted by molar-refractivity contribution is 6.03. The third-order valence-electron chi connectivity index (χ3n) is 11.2. The van der Waals surface area contributed by atoms with Gasteiger partial charge in [-0.15, -0.1) is 0 Å². The predicted molar refractivity (Wildman–Crippen MR) is 211 cm³/mol. The van der Waals surface area contributed by atoms with Crippen molar-refractivity contribution in [3.63, 3.8) is 0 Å². The second kappa shape index (κ2) is 17.1. The fraction of sp³-hybridized carbons (Fsp3) is 0.233. The van der Waals surface area contributed by atoms with Crippen LogP contribution in [0.1, 0.15) is 62.2 Å². The summed E-state index contributed by atoms with van der Waals surface area (Å²) in [5, 5.41) is 113. The molecule has 11 N–H and O–H groups in total. The molecule has 4 aromatic rings. The molecule has 0 saturated carbocycles. The Balaban J connectivity index is 1.30. The fourth-order valence-corrected chi connectivity index (χ4v) is 8.25. The maximum absolute atomic E-state index is 14.4. The van der Waals surface area contributed by atoms with Gasteiger partial charge in [0.2, 0.25) is 5.76 Å². The van der Waals surface area contributed by atoms with Crippen molar-refractivity contribution in [2.24, 2.45) is 11.8 Å². The van der Waals surface area contributed by atoms with Gasteiger partial charge in [0, 0.05) is 17.4 Å². The Kier molecular flexibility index (Phi) is 11.7. The van der Waals surface area contributed by atoms with E-state index in [1.807, 2.05) is 0 Å². The van der Waals surface area contributed by atoms with Crippen molar-refractivity contribution >= 4 is 48.0 Å². The van der Waals surface area contributed by atoms with Gasteiger partial charge in [0.05, 0.1) is 36.0 Å². The highest BCUT2D eigenvalue weighted by Crippen LogP contribution is 2.49. The summed E-state index contributed by atoms with van der Waals surface area (Å²) in [7, 11) is 0. The molecule has 1 aliphatic heterocycles. The van der Waals surface area contributed by atoms with Crippen molar-refractivity contribution in [1.29, 1.82) is 0 Å². The van der Waals surface area contributed by atoms with Crippen LogP contribution in [0.2, 0.25) is 0 Å². The standard InChI is InChI=1S/C43H34O22/c44-22-3-1-14(7-23(22)45)32-18-10-26(48)24(46)8-15(18)5-20(34(32)39(55)56)43(61)65-37-30(12-31(51)52)62-13-28(50)36(37)64-42(60)21-6-16-9-25(47)27(49)11-19(16)33(35(21)40(57)58)17-2-4-29(38(53)54)63-41(17)59/h1-11,28,30,32-37,44-50H,12-13H2,(H,51,52)(H,53,54)(H,55,56)(H,57,58). The third-order valence-corrected chi connectivity index (χ3v) is 11.2. The number of benzene rings is 3. The molecule has 0 spiro atoms. The van der Waals surface area contributed by atoms with E-state index in [0.717, 1.165) is 60.7 Å². The van der Waals surface area contributed by atoms with Gasteiger partial charge in [0.1, 0.15) is 12.2 Å². The SMILES string of the molecule is O=C(O)CC1OCC(O)C(OC(=O)C2=Cc3cc(O)c(O)cc3C(c3ccc(C(=O)O)oc3=O)C2C(=O)O)C1OC(=O)C1=Cc2cc(O)c(O)cc2C(c2ccc(O)c(O)c2)C1C(=O)O. The molecule has 0 bridgehead atoms. The number of fused-ring (bicyclic) bond motifs is 2. The van der Waals surface area contributed by atoms with Gasteiger partial charge in [0.25, 0.3) is 0 Å². The molecule has 3 aromatic carbocycles. The number of hydrogen-bond acceptors (Lipinski definition) is 18. The van der Waals surface area contributed by atoms with E-state index in [2.05, 4.69) is 0 Å². The Hall–Kier alpha value is -8.37. The number of aliphatic hydroxyl groups is 1. The highest BCUT2D eigenvalue weighted by Gasteiger charge is 2.50. The maximum atomic E-state index is 14.4. The monoisotopic (exact) mass is 902 g/mol. The minimum absolute atomic E-state index is 0.00840. The normalized spacial score (nSPS) is 23.4. The van der Waals surface area contributed by atoms with Crippen LogP contribution >= 0.6 is 0 Å². The van der Waals surface area contributed by atoms with E-state index < -0.39 is 160 Å². The summed E-state index contributed by atoms with van der Waals surface area (Å²) < 4.78 is 21.7. The number of phenolic OH excluding ortho intramolecular Hbond substituents is 6. The molecule has 0 amide bonds. The summed E-state index contributed by atoms with van der Waals surface area (Å²) in [6, 6.07) is 8.72. The van der Waals surface area contributed by atoms with Gasteiger partial charge in [-0.1, -0.05) is 6.07 Å². The first-order valence-corrected chi connectivity index (χ1v) is 19.0. The maximum Gasteiger partial charge on any atom is 0.371 e. The second-order valence-electron chi connectivity index (χ2n) is 15.1. The first kappa shape index (κ1) is 44.7. The molecule has 2 aliphatic carbocycles. The minimum atomic E-state index is -2.14. The lowest BCUT2D eigenvalue weighted by Crippen LogP contribution is -2.57. The first-order valence-electron chi connectivity index (χ1n) is 19.0. The molecule has 338 valence electrons. The number of hydrogen-bond donors (Lipinski definition) is 11.